The van der Waals surface area contributed by atoms with Crippen molar-refractivity contribution in [3.05, 3.63) is 28.8 Å². The highest BCUT2D eigenvalue weighted by Gasteiger charge is 1.98. The Kier molecular flexibility index (Phi) is 3.09. The van der Waals surface area contributed by atoms with E-state index in [1.165, 1.54) is 5.56 Å². The van der Waals surface area contributed by atoms with E-state index in [1.807, 2.05) is 18.2 Å². The molecule has 1 nitrogen and oxygen atoms in total. The maximum absolute atomic E-state index is 5.80. The van der Waals surface area contributed by atoms with Crippen molar-refractivity contribution < 1.29 is 0 Å². The van der Waals surface area contributed by atoms with Gasteiger partial charge in [0.1, 0.15) is 0 Å². The molecule has 0 saturated heterocycles. The molecule has 0 radical (unpaired) electrons. The van der Waals surface area contributed by atoms with Gasteiger partial charge in [-0.05, 0) is 30.2 Å². The highest BCUT2D eigenvalue weighted by Crippen LogP contribution is 2.21. The lowest BCUT2D eigenvalue weighted by molar-refractivity contribution is 1.14. The molecule has 0 fully saturated rings. The van der Waals surface area contributed by atoms with Gasteiger partial charge in [-0.15, -0.1) is 0 Å². The lowest BCUT2D eigenvalue weighted by atomic mass is 10.1. The van der Waals surface area contributed by atoms with Crippen LogP contribution in [0.25, 0.3) is 0 Å². The van der Waals surface area contributed by atoms with Crippen LogP contribution in [0.5, 0.6) is 0 Å². The van der Waals surface area contributed by atoms with Crippen LogP contribution in [0.15, 0.2) is 18.2 Å². The van der Waals surface area contributed by atoms with Gasteiger partial charge in [0.25, 0.3) is 0 Å². The number of halogens is 1. The first-order valence-electron chi connectivity index (χ1n) is 3.46. The lowest BCUT2D eigenvalue weighted by Crippen LogP contribution is -1.88. The maximum Gasteiger partial charge on any atom is 0.0471 e. The van der Waals surface area contributed by atoms with E-state index in [4.69, 9.17) is 11.6 Å². The summed E-state index contributed by atoms with van der Waals surface area (Å²) in [4.78, 5) is 0. The van der Waals surface area contributed by atoms with Crippen LogP contribution in [0.1, 0.15) is 12.5 Å². The number of hydrogen-bond acceptors (Lipinski definition) is 2. The highest BCUT2D eigenvalue weighted by molar-refractivity contribution is 7.81. The van der Waals surface area contributed by atoms with E-state index in [9.17, 15) is 0 Å². The summed E-state index contributed by atoms with van der Waals surface area (Å²) in [5, 5.41) is 0.772. The predicted octanol–water partition coefficient (Wildman–Crippen LogP) is 3.16. The van der Waals surface area contributed by atoms with Crippen LogP contribution in [0.4, 0.5) is 5.69 Å². The Morgan fingerprint density at radius 2 is 2.27 bits per heavy atom. The van der Waals surface area contributed by atoms with Crippen LogP contribution in [0.2, 0.25) is 5.02 Å². The minimum Gasteiger partial charge on any atom is -0.332 e. The Balaban J connectivity index is 3.06. The van der Waals surface area contributed by atoms with Crippen molar-refractivity contribution in [1.29, 1.82) is 0 Å². The molecule has 1 aromatic carbocycles. The lowest BCUT2D eigenvalue weighted by Gasteiger charge is -2.05. The summed E-state index contributed by atoms with van der Waals surface area (Å²) in [6.45, 7) is 2.08. The first kappa shape index (κ1) is 8.75. The second-order valence-electron chi connectivity index (χ2n) is 2.27. The molecule has 0 aliphatic rings. The zero-order chi connectivity index (χ0) is 8.27. The first-order chi connectivity index (χ1) is 5.27. The molecule has 0 unspecified atom stereocenters. The Labute approximate surface area is 77.3 Å². The molecule has 0 amide bonds. The largest absolute Gasteiger partial charge is 0.332 e. The van der Waals surface area contributed by atoms with Crippen molar-refractivity contribution in [1.82, 2.24) is 0 Å². The van der Waals surface area contributed by atoms with Crippen molar-refractivity contribution in [3.63, 3.8) is 0 Å². The number of nitrogens with one attached hydrogen (secondary N) is 1. The molecule has 0 aliphatic heterocycles. The molecule has 0 bridgehead atoms. The van der Waals surface area contributed by atoms with Crippen LogP contribution >= 0.6 is 24.4 Å². The van der Waals surface area contributed by atoms with E-state index in [0.717, 1.165) is 17.1 Å². The van der Waals surface area contributed by atoms with E-state index < -0.39 is 0 Å². The van der Waals surface area contributed by atoms with Gasteiger partial charge >= 0.3 is 0 Å². The van der Waals surface area contributed by atoms with Gasteiger partial charge in [0.2, 0.25) is 0 Å². The molecule has 1 aromatic rings. The van der Waals surface area contributed by atoms with Crippen molar-refractivity contribution in [2.45, 2.75) is 13.3 Å². The molecular weight excluding hydrogens is 178 g/mol. The van der Waals surface area contributed by atoms with Crippen molar-refractivity contribution in [3.8, 4) is 0 Å². The minimum atomic E-state index is 0.772. The molecule has 11 heavy (non-hydrogen) atoms. The van der Waals surface area contributed by atoms with Crippen molar-refractivity contribution >= 4 is 30.1 Å². The highest BCUT2D eigenvalue weighted by atomic mass is 35.5. The zero-order valence-electron chi connectivity index (χ0n) is 6.26. The van der Waals surface area contributed by atoms with Crippen LogP contribution in [-0.4, -0.2) is 0 Å². The number of thiol groups is 1. The monoisotopic (exact) mass is 187 g/mol. The van der Waals surface area contributed by atoms with E-state index in [-0.39, 0.29) is 0 Å². The van der Waals surface area contributed by atoms with Crippen LogP contribution in [-0.2, 0) is 6.42 Å². The summed E-state index contributed by atoms with van der Waals surface area (Å²) in [5.41, 5.74) is 2.22. The van der Waals surface area contributed by atoms with Crippen molar-refractivity contribution in [2.75, 3.05) is 4.72 Å². The maximum atomic E-state index is 5.80. The molecule has 1 rings (SSSR count). The average Bonchev–Trinajstić information content (AvgIpc) is 2.04. The summed E-state index contributed by atoms with van der Waals surface area (Å²) in [6, 6.07) is 5.72. The van der Waals surface area contributed by atoms with Crippen molar-refractivity contribution in [2.24, 2.45) is 0 Å². The van der Waals surface area contributed by atoms with Crippen LogP contribution < -0.4 is 4.72 Å². The van der Waals surface area contributed by atoms with Gasteiger partial charge in [0.05, 0.1) is 0 Å². The van der Waals surface area contributed by atoms with Gasteiger partial charge < -0.3 is 4.72 Å². The van der Waals surface area contributed by atoms with E-state index in [1.54, 1.807) is 0 Å². The van der Waals surface area contributed by atoms with Gasteiger partial charge in [-0.25, -0.2) is 0 Å². The number of aryl methyl sites for hydroxylation is 1. The van der Waals surface area contributed by atoms with E-state index >= 15 is 0 Å². The smallest absolute Gasteiger partial charge is 0.0471 e. The normalized spacial score (nSPS) is 9.73. The third kappa shape index (κ3) is 2.04. The molecule has 0 atom stereocenters. The number of rotatable bonds is 2. The van der Waals surface area contributed by atoms with Gasteiger partial charge in [-0.2, -0.15) is 0 Å². The molecule has 60 valence electrons. The second kappa shape index (κ2) is 3.88. The summed E-state index contributed by atoms with van der Waals surface area (Å²) in [6.07, 6.45) is 0.962. The molecule has 0 heterocycles. The molecular formula is C8H10ClNS. The third-order valence-electron chi connectivity index (χ3n) is 1.57. The zero-order valence-corrected chi connectivity index (χ0v) is 7.91. The fourth-order valence-electron chi connectivity index (χ4n) is 0.964. The molecule has 1 N–H and O–H groups in total. The topological polar surface area (TPSA) is 12.0 Å². The van der Waals surface area contributed by atoms with Gasteiger partial charge in [0.15, 0.2) is 0 Å². The predicted molar refractivity (Wildman–Crippen MR) is 53.4 cm³/mol. The Bertz CT molecular complexity index is 250. The fraction of sp³-hybridized carbons (Fsp3) is 0.250. The minimum absolute atomic E-state index is 0.772. The van der Waals surface area contributed by atoms with Crippen LogP contribution in [0.3, 0.4) is 0 Å². The van der Waals surface area contributed by atoms with Gasteiger partial charge in [-0.1, -0.05) is 31.3 Å². The quantitative estimate of drug-likeness (QED) is 0.678. The summed E-state index contributed by atoms with van der Waals surface area (Å²) < 4.78 is 2.81. The van der Waals surface area contributed by atoms with E-state index in [2.05, 4.69) is 24.5 Å². The Morgan fingerprint density at radius 1 is 1.55 bits per heavy atom. The van der Waals surface area contributed by atoms with Gasteiger partial charge in [0, 0.05) is 10.7 Å². The molecule has 0 spiro atoms. The summed E-state index contributed by atoms with van der Waals surface area (Å²) in [5.74, 6) is 0. The number of benzene rings is 1. The fourth-order valence-corrected chi connectivity index (χ4v) is 1.38. The number of hydrogen-bond donors (Lipinski definition) is 2. The SMILES string of the molecule is CCc1cc(Cl)ccc1NS. The number of anilines is 1. The molecule has 0 aromatic heterocycles. The second-order valence-corrected chi connectivity index (χ2v) is 2.93. The third-order valence-corrected chi connectivity index (χ3v) is 2.04. The molecule has 3 heteroatoms. The van der Waals surface area contributed by atoms with Crippen LogP contribution in [0, 0.1) is 0 Å². The Hall–Kier alpha value is -0.340. The average molecular weight is 188 g/mol. The standard InChI is InChI=1S/C8H10ClNS/c1-2-6-5-7(9)3-4-8(6)10-11/h3-5,10-11H,2H2,1H3. The van der Waals surface area contributed by atoms with Gasteiger partial charge in [-0.3, -0.25) is 0 Å². The van der Waals surface area contributed by atoms with E-state index in [0.29, 0.717) is 0 Å². The molecule has 0 saturated carbocycles. The Morgan fingerprint density at radius 3 is 2.82 bits per heavy atom. The molecule has 0 aliphatic carbocycles. The summed E-state index contributed by atoms with van der Waals surface area (Å²) >= 11 is 9.77. The first-order valence-corrected chi connectivity index (χ1v) is 4.29. The summed E-state index contributed by atoms with van der Waals surface area (Å²) in [7, 11) is 0.